The van der Waals surface area contributed by atoms with E-state index in [4.69, 9.17) is 0 Å². The van der Waals surface area contributed by atoms with Gasteiger partial charge in [-0.05, 0) is 48.2 Å². The van der Waals surface area contributed by atoms with E-state index < -0.39 is 17.4 Å². The summed E-state index contributed by atoms with van der Waals surface area (Å²) in [5.74, 6) is -2.28. The number of hydrogen-bond acceptors (Lipinski definition) is 5. The summed E-state index contributed by atoms with van der Waals surface area (Å²) in [5.41, 5.74) is 0.366. The van der Waals surface area contributed by atoms with E-state index in [9.17, 15) is 23.2 Å². The lowest BCUT2D eigenvalue weighted by molar-refractivity contribution is 0.103. The lowest BCUT2D eigenvalue weighted by atomic mass is 9.96. The van der Waals surface area contributed by atoms with E-state index in [0.29, 0.717) is 24.0 Å². The number of hydrogen-bond donors (Lipinski definition) is 0. The number of isocyanates is 2. The average Bonchev–Trinajstić information content (AvgIpc) is 2.64. The molecule has 0 bridgehead atoms. The van der Waals surface area contributed by atoms with Gasteiger partial charge in [-0.2, -0.15) is 9.98 Å². The first kappa shape index (κ1) is 19.1. The van der Waals surface area contributed by atoms with Crippen molar-refractivity contribution >= 4 is 29.3 Å². The van der Waals surface area contributed by atoms with E-state index in [0.717, 1.165) is 12.1 Å². The number of halogens is 2. The zero-order valence-corrected chi connectivity index (χ0v) is 14.1. The second-order valence-corrected chi connectivity index (χ2v) is 5.37. The molecule has 0 N–H and O–H groups in total. The van der Waals surface area contributed by atoms with Crippen molar-refractivity contribution in [1.29, 1.82) is 0 Å². The monoisotopic (exact) mass is 356 g/mol. The van der Waals surface area contributed by atoms with E-state index >= 15 is 0 Å². The topological polar surface area (TPSA) is 75.9 Å². The third-order valence-corrected chi connectivity index (χ3v) is 3.89. The van der Waals surface area contributed by atoms with Crippen LogP contribution in [0.25, 0.3) is 0 Å². The molecule has 2 aromatic carbocycles. The van der Waals surface area contributed by atoms with Crippen molar-refractivity contribution in [2.45, 2.75) is 26.7 Å². The number of aliphatic imine (C=N–C) groups is 2. The molecule has 0 saturated heterocycles. The number of benzene rings is 2. The van der Waals surface area contributed by atoms with Gasteiger partial charge in [0.15, 0.2) is 17.4 Å². The van der Waals surface area contributed by atoms with Crippen LogP contribution in [0.5, 0.6) is 0 Å². The van der Waals surface area contributed by atoms with Gasteiger partial charge in [-0.15, -0.1) is 0 Å². The highest BCUT2D eigenvalue weighted by atomic mass is 19.1. The minimum absolute atomic E-state index is 0.00251. The third-order valence-electron chi connectivity index (χ3n) is 3.89. The van der Waals surface area contributed by atoms with Crippen molar-refractivity contribution < 1.29 is 23.2 Å². The summed E-state index contributed by atoms with van der Waals surface area (Å²) in [6, 6.07) is 4.70. The fourth-order valence-corrected chi connectivity index (χ4v) is 2.62. The smallest absolute Gasteiger partial charge is 0.240 e. The predicted molar refractivity (Wildman–Crippen MR) is 90.6 cm³/mol. The fraction of sp³-hybridized carbons (Fsp3) is 0.211. The summed E-state index contributed by atoms with van der Waals surface area (Å²) in [5, 5.41) is 0. The van der Waals surface area contributed by atoms with Gasteiger partial charge in [0.1, 0.15) is 11.4 Å². The maximum Gasteiger partial charge on any atom is 0.240 e. The van der Waals surface area contributed by atoms with Gasteiger partial charge in [-0.1, -0.05) is 13.8 Å². The van der Waals surface area contributed by atoms with E-state index in [-0.39, 0.29) is 22.5 Å². The highest BCUT2D eigenvalue weighted by molar-refractivity contribution is 6.09. The molecule has 5 nitrogen and oxygen atoms in total. The highest BCUT2D eigenvalue weighted by Gasteiger charge is 2.18. The molecule has 0 unspecified atom stereocenters. The van der Waals surface area contributed by atoms with E-state index in [1.807, 2.05) is 0 Å². The lowest BCUT2D eigenvalue weighted by Crippen LogP contribution is -2.05. The molecular weight excluding hydrogens is 342 g/mol. The number of carbonyl (C=O) groups is 1. The number of ketones is 1. The van der Waals surface area contributed by atoms with Crippen molar-refractivity contribution in [2.75, 3.05) is 0 Å². The van der Waals surface area contributed by atoms with E-state index in [1.165, 1.54) is 24.3 Å². The van der Waals surface area contributed by atoms with Gasteiger partial charge in [-0.25, -0.2) is 18.4 Å². The molecule has 0 aliphatic heterocycles. The Kier molecular flexibility index (Phi) is 6.02. The van der Waals surface area contributed by atoms with Crippen LogP contribution in [0.3, 0.4) is 0 Å². The van der Waals surface area contributed by atoms with Crippen LogP contribution in [0.15, 0.2) is 34.3 Å². The minimum atomic E-state index is -0.839. The van der Waals surface area contributed by atoms with Crippen LogP contribution < -0.4 is 0 Å². The molecule has 2 rings (SSSR count). The number of nitrogens with zero attached hydrogens (tertiary/aromatic N) is 2. The third kappa shape index (κ3) is 3.70. The minimum Gasteiger partial charge on any atom is -0.289 e. The van der Waals surface area contributed by atoms with Crippen molar-refractivity contribution in [3.8, 4) is 0 Å². The van der Waals surface area contributed by atoms with Crippen molar-refractivity contribution in [3.05, 3.63) is 58.2 Å². The molecule has 26 heavy (non-hydrogen) atoms. The molecule has 2 aromatic rings. The van der Waals surface area contributed by atoms with E-state index in [2.05, 4.69) is 9.98 Å². The van der Waals surface area contributed by atoms with Crippen LogP contribution >= 0.6 is 0 Å². The highest BCUT2D eigenvalue weighted by Crippen LogP contribution is 2.29. The quantitative estimate of drug-likeness (QED) is 0.441. The SMILES string of the molecule is CCc1cc(C(=O)c2cc(F)c(N=C=O)c(CC)c2)cc(F)c1N=C=O. The van der Waals surface area contributed by atoms with E-state index in [1.54, 1.807) is 13.8 Å². The van der Waals surface area contributed by atoms with Crippen LogP contribution in [0, 0.1) is 11.6 Å². The van der Waals surface area contributed by atoms with Gasteiger partial charge in [0, 0.05) is 11.1 Å². The Morgan fingerprint density at radius 3 is 1.54 bits per heavy atom. The summed E-state index contributed by atoms with van der Waals surface area (Å²) < 4.78 is 28.4. The maximum absolute atomic E-state index is 14.2. The predicted octanol–water partition coefficient (Wildman–Crippen LogP) is 4.26. The molecule has 0 aliphatic carbocycles. The number of aryl methyl sites for hydroxylation is 2. The lowest BCUT2D eigenvalue weighted by Gasteiger charge is -2.10. The summed E-state index contributed by atoms with van der Waals surface area (Å²) in [6.07, 6.45) is 3.23. The summed E-state index contributed by atoms with van der Waals surface area (Å²) >= 11 is 0. The molecule has 0 radical (unpaired) electrons. The Morgan fingerprint density at radius 2 is 1.23 bits per heavy atom. The Morgan fingerprint density at radius 1 is 0.846 bits per heavy atom. The Hall–Kier alpha value is -3.27. The molecule has 0 heterocycles. The molecule has 0 saturated carbocycles. The first-order valence-electron chi connectivity index (χ1n) is 7.82. The molecule has 0 aromatic heterocycles. The van der Waals surface area contributed by atoms with Crippen LogP contribution in [0.2, 0.25) is 0 Å². The average molecular weight is 356 g/mol. The van der Waals surface area contributed by atoms with Crippen LogP contribution in [-0.4, -0.2) is 17.9 Å². The molecule has 0 atom stereocenters. The molecular formula is C19H14F2N2O3. The van der Waals surface area contributed by atoms with Crippen LogP contribution in [0.4, 0.5) is 20.2 Å². The van der Waals surface area contributed by atoms with Gasteiger partial charge < -0.3 is 0 Å². The molecule has 132 valence electrons. The van der Waals surface area contributed by atoms with Crippen LogP contribution in [0.1, 0.15) is 40.9 Å². The summed E-state index contributed by atoms with van der Waals surface area (Å²) in [7, 11) is 0. The second kappa shape index (κ2) is 8.21. The zero-order valence-electron chi connectivity index (χ0n) is 14.1. The second-order valence-electron chi connectivity index (χ2n) is 5.37. The standard InChI is InChI=1S/C19H14F2N2O3/c1-3-11-5-13(7-15(20)17(11)22-9-24)19(26)14-6-12(4-2)18(23-10-25)16(21)8-14/h5-8H,3-4H2,1-2H3. The maximum atomic E-state index is 14.2. The first-order valence-corrected chi connectivity index (χ1v) is 7.82. The first-order chi connectivity index (χ1) is 12.5. The number of rotatable bonds is 6. The van der Waals surface area contributed by atoms with Crippen molar-refractivity contribution in [2.24, 2.45) is 9.98 Å². The van der Waals surface area contributed by atoms with Gasteiger partial charge in [0.2, 0.25) is 12.2 Å². The summed E-state index contributed by atoms with van der Waals surface area (Å²) in [6.45, 7) is 3.43. The fourth-order valence-electron chi connectivity index (χ4n) is 2.62. The van der Waals surface area contributed by atoms with Gasteiger partial charge in [0.05, 0.1) is 0 Å². The van der Waals surface area contributed by atoms with Crippen molar-refractivity contribution in [1.82, 2.24) is 0 Å². The Labute approximate surface area is 148 Å². The molecule has 0 spiro atoms. The Balaban J connectivity index is 2.59. The molecule has 0 fully saturated rings. The normalized spacial score (nSPS) is 10.0. The molecule has 0 amide bonds. The van der Waals surface area contributed by atoms with Crippen LogP contribution in [-0.2, 0) is 22.4 Å². The van der Waals surface area contributed by atoms with Gasteiger partial charge >= 0.3 is 0 Å². The zero-order chi connectivity index (χ0) is 19.3. The van der Waals surface area contributed by atoms with Gasteiger partial charge in [-0.3, -0.25) is 4.79 Å². The number of carbonyl (C=O) groups excluding carboxylic acids is 3. The molecule has 7 heteroatoms. The summed E-state index contributed by atoms with van der Waals surface area (Å²) in [4.78, 5) is 40.2. The van der Waals surface area contributed by atoms with Gasteiger partial charge in [0.25, 0.3) is 0 Å². The molecule has 0 aliphatic rings. The Bertz CT molecular complexity index is 896. The van der Waals surface area contributed by atoms with Crippen molar-refractivity contribution in [3.63, 3.8) is 0 Å². The largest absolute Gasteiger partial charge is 0.289 e.